The molecular weight excluding hydrogens is 250 g/mol. The molecular formula is C17H21NO2. The van der Waals surface area contributed by atoms with E-state index >= 15 is 0 Å². The highest BCUT2D eigenvalue weighted by atomic mass is 16.5. The van der Waals surface area contributed by atoms with Gasteiger partial charge in [0.25, 0.3) is 0 Å². The molecule has 2 rings (SSSR count). The zero-order chi connectivity index (χ0) is 14.4. The minimum atomic E-state index is 0.150. The van der Waals surface area contributed by atoms with Crippen LogP contribution in [0.25, 0.3) is 0 Å². The quantitative estimate of drug-likeness (QED) is 0.842. The number of aromatic hydroxyl groups is 1. The average Bonchev–Trinajstić information content (AvgIpc) is 2.47. The topological polar surface area (TPSA) is 41.5 Å². The first-order valence-corrected chi connectivity index (χ1v) is 6.94. The molecule has 3 heteroatoms. The van der Waals surface area contributed by atoms with Crippen molar-refractivity contribution in [1.29, 1.82) is 0 Å². The van der Waals surface area contributed by atoms with Gasteiger partial charge in [-0.15, -0.1) is 0 Å². The van der Waals surface area contributed by atoms with E-state index in [1.54, 1.807) is 6.07 Å². The molecule has 1 unspecified atom stereocenters. The van der Waals surface area contributed by atoms with E-state index in [0.29, 0.717) is 18.9 Å². The van der Waals surface area contributed by atoms with Crippen LogP contribution in [-0.4, -0.2) is 11.7 Å². The van der Waals surface area contributed by atoms with Gasteiger partial charge < -0.3 is 15.2 Å². The number of ether oxygens (including phenoxy) is 1. The number of phenols is 1. The van der Waals surface area contributed by atoms with Gasteiger partial charge in [0, 0.05) is 23.7 Å². The summed E-state index contributed by atoms with van der Waals surface area (Å²) in [7, 11) is 0. The number of nitrogens with one attached hydrogen (secondary N) is 1. The summed E-state index contributed by atoms with van der Waals surface area (Å²) in [6, 6.07) is 15.6. The fourth-order valence-corrected chi connectivity index (χ4v) is 2.16. The number of rotatable bonds is 6. The first-order chi connectivity index (χ1) is 9.72. The van der Waals surface area contributed by atoms with Crippen LogP contribution >= 0.6 is 0 Å². The second kappa shape index (κ2) is 6.96. The molecule has 0 heterocycles. The SMILES string of the molecule is CCOc1ccccc1C(C)NCc1ccccc1O. The lowest BCUT2D eigenvalue weighted by Crippen LogP contribution is -2.19. The lowest BCUT2D eigenvalue weighted by atomic mass is 10.1. The van der Waals surface area contributed by atoms with Gasteiger partial charge in [-0.05, 0) is 26.0 Å². The first kappa shape index (κ1) is 14.4. The van der Waals surface area contributed by atoms with Gasteiger partial charge in [-0.3, -0.25) is 0 Å². The second-order valence-corrected chi connectivity index (χ2v) is 4.70. The molecule has 2 N–H and O–H groups in total. The average molecular weight is 271 g/mol. The Kier molecular flexibility index (Phi) is 5.02. The second-order valence-electron chi connectivity index (χ2n) is 4.70. The minimum absolute atomic E-state index is 0.150. The number of hydrogen-bond acceptors (Lipinski definition) is 3. The van der Waals surface area contributed by atoms with Crippen LogP contribution in [0.1, 0.15) is 31.0 Å². The van der Waals surface area contributed by atoms with E-state index in [0.717, 1.165) is 16.9 Å². The van der Waals surface area contributed by atoms with Gasteiger partial charge in [0.15, 0.2) is 0 Å². The fraction of sp³-hybridized carbons (Fsp3) is 0.294. The Morgan fingerprint density at radius 2 is 1.80 bits per heavy atom. The first-order valence-electron chi connectivity index (χ1n) is 6.94. The molecule has 106 valence electrons. The van der Waals surface area contributed by atoms with Gasteiger partial charge in [0.2, 0.25) is 0 Å². The summed E-state index contributed by atoms with van der Waals surface area (Å²) in [6.07, 6.45) is 0. The van der Waals surface area contributed by atoms with Crippen LogP contribution in [0.2, 0.25) is 0 Å². The van der Waals surface area contributed by atoms with Crippen LogP contribution in [0, 0.1) is 0 Å². The standard InChI is InChI=1S/C17H21NO2/c1-3-20-17-11-7-5-9-15(17)13(2)18-12-14-8-4-6-10-16(14)19/h4-11,13,18-19H,3,12H2,1-2H3. The van der Waals surface area contributed by atoms with Gasteiger partial charge >= 0.3 is 0 Å². The summed E-state index contributed by atoms with van der Waals surface area (Å²) < 4.78 is 5.64. The zero-order valence-corrected chi connectivity index (χ0v) is 12.0. The van der Waals surface area contributed by atoms with E-state index < -0.39 is 0 Å². The van der Waals surface area contributed by atoms with Gasteiger partial charge in [0.05, 0.1) is 6.61 Å². The highest BCUT2D eigenvalue weighted by Gasteiger charge is 2.11. The third-order valence-corrected chi connectivity index (χ3v) is 3.28. The number of benzene rings is 2. The maximum atomic E-state index is 9.77. The Bertz CT molecular complexity index is 554. The molecule has 0 aliphatic rings. The minimum Gasteiger partial charge on any atom is -0.508 e. The molecule has 0 aromatic heterocycles. The Morgan fingerprint density at radius 3 is 2.55 bits per heavy atom. The maximum absolute atomic E-state index is 9.77. The van der Waals surface area contributed by atoms with Crippen molar-refractivity contribution >= 4 is 0 Å². The van der Waals surface area contributed by atoms with Crippen molar-refractivity contribution in [2.45, 2.75) is 26.4 Å². The van der Waals surface area contributed by atoms with E-state index in [4.69, 9.17) is 4.74 Å². The van der Waals surface area contributed by atoms with Crippen LogP contribution in [0.3, 0.4) is 0 Å². The van der Waals surface area contributed by atoms with E-state index in [-0.39, 0.29) is 6.04 Å². The third-order valence-electron chi connectivity index (χ3n) is 3.28. The molecule has 0 saturated carbocycles. The predicted molar refractivity (Wildman–Crippen MR) is 81.0 cm³/mol. The number of phenolic OH excluding ortho intramolecular Hbond substituents is 1. The molecule has 2 aromatic rings. The molecule has 0 saturated heterocycles. The fourth-order valence-electron chi connectivity index (χ4n) is 2.16. The smallest absolute Gasteiger partial charge is 0.124 e. The molecule has 0 radical (unpaired) electrons. The largest absolute Gasteiger partial charge is 0.508 e. The Hall–Kier alpha value is -2.00. The number of hydrogen-bond donors (Lipinski definition) is 2. The van der Waals surface area contributed by atoms with E-state index in [1.807, 2.05) is 43.3 Å². The van der Waals surface area contributed by atoms with Crippen LogP contribution in [0.4, 0.5) is 0 Å². The van der Waals surface area contributed by atoms with Crippen molar-refractivity contribution in [3.63, 3.8) is 0 Å². The summed E-state index contributed by atoms with van der Waals surface area (Å²) in [6.45, 7) is 5.35. The van der Waals surface area contributed by atoms with Crippen molar-refractivity contribution < 1.29 is 9.84 Å². The van der Waals surface area contributed by atoms with Crippen LogP contribution in [0.15, 0.2) is 48.5 Å². The third kappa shape index (κ3) is 3.52. The zero-order valence-electron chi connectivity index (χ0n) is 12.0. The molecule has 0 bridgehead atoms. The van der Waals surface area contributed by atoms with Gasteiger partial charge in [-0.2, -0.15) is 0 Å². The highest BCUT2D eigenvalue weighted by Crippen LogP contribution is 2.25. The van der Waals surface area contributed by atoms with Gasteiger partial charge in [-0.1, -0.05) is 36.4 Å². The normalized spacial score (nSPS) is 12.1. The van der Waals surface area contributed by atoms with Crippen LogP contribution in [-0.2, 0) is 6.54 Å². The molecule has 1 atom stereocenters. The predicted octanol–water partition coefficient (Wildman–Crippen LogP) is 3.64. The number of para-hydroxylation sites is 2. The molecule has 2 aromatic carbocycles. The van der Waals surface area contributed by atoms with Crippen molar-refractivity contribution in [2.75, 3.05) is 6.61 Å². The van der Waals surface area contributed by atoms with Gasteiger partial charge in [-0.25, -0.2) is 0 Å². The summed E-state index contributed by atoms with van der Waals surface area (Å²) in [5.41, 5.74) is 2.03. The Morgan fingerprint density at radius 1 is 1.10 bits per heavy atom. The molecule has 3 nitrogen and oxygen atoms in total. The molecule has 0 fully saturated rings. The highest BCUT2D eigenvalue weighted by molar-refractivity contribution is 5.36. The summed E-state index contributed by atoms with van der Waals surface area (Å²) >= 11 is 0. The monoisotopic (exact) mass is 271 g/mol. The summed E-state index contributed by atoms with van der Waals surface area (Å²) in [5.74, 6) is 1.23. The van der Waals surface area contributed by atoms with Crippen molar-refractivity contribution in [1.82, 2.24) is 5.32 Å². The lowest BCUT2D eigenvalue weighted by molar-refractivity contribution is 0.332. The molecule has 20 heavy (non-hydrogen) atoms. The lowest BCUT2D eigenvalue weighted by Gasteiger charge is -2.18. The maximum Gasteiger partial charge on any atom is 0.124 e. The Balaban J connectivity index is 2.05. The van der Waals surface area contributed by atoms with E-state index in [2.05, 4.69) is 18.3 Å². The van der Waals surface area contributed by atoms with Gasteiger partial charge in [0.1, 0.15) is 11.5 Å². The molecule has 0 aliphatic heterocycles. The van der Waals surface area contributed by atoms with E-state index in [9.17, 15) is 5.11 Å². The van der Waals surface area contributed by atoms with Crippen molar-refractivity contribution in [3.8, 4) is 11.5 Å². The molecule has 0 aliphatic carbocycles. The summed E-state index contributed by atoms with van der Waals surface area (Å²) in [5, 5.41) is 13.2. The van der Waals surface area contributed by atoms with Crippen molar-refractivity contribution in [2.24, 2.45) is 0 Å². The van der Waals surface area contributed by atoms with Crippen molar-refractivity contribution in [3.05, 3.63) is 59.7 Å². The summed E-state index contributed by atoms with van der Waals surface area (Å²) in [4.78, 5) is 0. The molecule has 0 amide bonds. The molecule has 0 spiro atoms. The van der Waals surface area contributed by atoms with E-state index in [1.165, 1.54) is 0 Å². The van der Waals surface area contributed by atoms with Crippen LogP contribution in [0.5, 0.6) is 11.5 Å². The van der Waals surface area contributed by atoms with Crippen LogP contribution < -0.4 is 10.1 Å². The Labute approximate surface area is 120 Å².